The number of rotatable bonds is 5. The molecule has 0 bridgehead atoms. The minimum Gasteiger partial charge on any atom is -0.488 e. The van der Waals surface area contributed by atoms with Gasteiger partial charge in [0.05, 0.1) is 4.90 Å². The number of ether oxygens (including phenoxy) is 2. The number of thioether (sulfide) groups is 1. The van der Waals surface area contributed by atoms with Gasteiger partial charge in [0.2, 0.25) is 0 Å². The second-order valence-corrected chi connectivity index (χ2v) is 10.0. The first-order chi connectivity index (χ1) is 13.4. The van der Waals surface area contributed by atoms with Crippen molar-refractivity contribution >= 4 is 38.5 Å². The van der Waals surface area contributed by atoms with Crippen molar-refractivity contribution in [3.05, 3.63) is 64.6 Å². The van der Waals surface area contributed by atoms with Gasteiger partial charge in [0.1, 0.15) is 18.1 Å². The minimum atomic E-state index is -0.225. The van der Waals surface area contributed by atoms with Crippen molar-refractivity contribution < 1.29 is 9.47 Å². The largest absolute Gasteiger partial charge is 0.488 e. The van der Waals surface area contributed by atoms with E-state index in [1.54, 1.807) is 0 Å². The first-order valence-corrected chi connectivity index (χ1v) is 11.3. The Morgan fingerprint density at radius 2 is 1.68 bits per heavy atom. The Morgan fingerprint density at radius 1 is 0.964 bits per heavy atom. The van der Waals surface area contributed by atoms with Crippen molar-refractivity contribution in [1.29, 1.82) is 0 Å². The zero-order valence-corrected chi connectivity index (χ0v) is 19.1. The van der Waals surface area contributed by atoms with Crippen LogP contribution in [0.25, 0.3) is 10.8 Å². The molecule has 0 radical (unpaired) electrons. The third-order valence-electron chi connectivity index (χ3n) is 5.37. The molecular weight excluding hydrogens is 432 g/mol. The molecule has 0 spiro atoms. The maximum atomic E-state index is 6.55. The Labute approximate surface area is 179 Å². The molecule has 3 aromatic rings. The van der Waals surface area contributed by atoms with E-state index in [9.17, 15) is 0 Å². The highest BCUT2D eigenvalue weighted by Gasteiger charge is 2.46. The summed E-state index contributed by atoms with van der Waals surface area (Å²) in [7, 11) is 0. The highest BCUT2D eigenvalue weighted by molar-refractivity contribution is 9.10. The lowest BCUT2D eigenvalue weighted by Gasteiger charge is -2.35. The van der Waals surface area contributed by atoms with Crippen molar-refractivity contribution in [3.8, 4) is 11.5 Å². The van der Waals surface area contributed by atoms with Gasteiger partial charge in [-0.15, -0.1) is 0 Å². The molecule has 0 aliphatic carbocycles. The van der Waals surface area contributed by atoms with E-state index in [1.807, 2.05) is 36.0 Å². The van der Waals surface area contributed by atoms with E-state index in [1.165, 1.54) is 4.90 Å². The molecule has 0 aromatic heterocycles. The third-order valence-corrected chi connectivity index (χ3v) is 7.95. The molecule has 1 aliphatic heterocycles. The summed E-state index contributed by atoms with van der Waals surface area (Å²) in [5.74, 6) is 2.69. The number of hydrogen-bond donors (Lipinski definition) is 0. The highest BCUT2D eigenvalue weighted by atomic mass is 79.9. The molecule has 0 unspecified atom stereocenters. The Kier molecular flexibility index (Phi) is 5.36. The summed E-state index contributed by atoms with van der Waals surface area (Å²) in [5, 5.41) is 2.23. The second-order valence-electron chi connectivity index (χ2n) is 7.90. The van der Waals surface area contributed by atoms with Crippen LogP contribution in [0.1, 0.15) is 33.3 Å². The summed E-state index contributed by atoms with van der Waals surface area (Å²) in [6, 6.07) is 18.7. The number of benzene rings is 3. The molecule has 3 aromatic carbocycles. The van der Waals surface area contributed by atoms with Crippen LogP contribution in [0.5, 0.6) is 11.5 Å². The molecule has 0 fully saturated rings. The Morgan fingerprint density at radius 3 is 2.36 bits per heavy atom. The fraction of sp³-hybridized carbons (Fsp3) is 0.333. The average molecular weight is 457 g/mol. The summed E-state index contributed by atoms with van der Waals surface area (Å²) < 4.78 is 13.8. The molecule has 0 N–H and O–H groups in total. The summed E-state index contributed by atoms with van der Waals surface area (Å²) in [6.07, 6.45) is 0. The lowest BCUT2D eigenvalue weighted by atomic mass is 9.95. The van der Waals surface area contributed by atoms with Gasteiger partial charge in [-0.05, 0) is 29.8 Å². The predicted molar refractivity (Wildman–Crippen MR) is 121 cm³/mol. The molecule has 0 amide bonds. The van der Waals surface area contributed by atoms with Crippen LogP contribution in [0, 0.1) is 11.8 Å². The van der Waals surface area contributed by atoms with E-state index in [-0.39, 0.29) is 4.93 Å². The van der Waals surface area contributed by atoms with E-state index in [2.05, 4.69) is 74.0 Å². The molecule has 0 atom stereocenters. The molecule has 4 heteroatoms. The standard InChI is InChI=1S/C24H25BrO2S/c1-15(2)24(16(3)4)27-22-12-18-19(13-23(22)28-24)21(11-10-20(18)25)26-14-17-8-6-5-7-9-17/h5-13,15-16H,14H2,1-4H3. The van der Waals surface area contributed by atoms with Gasteiger partial charge >= 0.3 is 0 Å². The monoisotopic (exact) mass is 456 g/mol. The van der Waals surface area contributed by atoms with Crippen LogP contribution < -0.4 is 9.47 Å². The Hall–Kier alpha value is -1.65. The lowest BCUT2D eigenvalue weighted by molar-refractivity contribution is 0.0757. The minimum absolute atomic E-state index is 0.225. The summed E-state index contributed by atoms with van der Waals surface area (Å²) >= 11 is 5.55. The smallest absolute Gasteiger partial charge is 0.163 e. The normalized spacial score (nSPS) is 15.1. The van der Waals surface area contributed by atoms with Crippen LogP contribution in [0.4, 0.5) is 0 Å². The first kappa shape index (κ1) is 19.7. The van der Waals surface area contributed by atoms with E-state index < -0.39 is 0 Å². The molecule has 1 heterocycles. The van der Waals surface area contributed by atoms with Gasteiger partial charge in [-0.3, -0.25) is 0 Å². The van der Waals surface area contributed by atoms with Gasteiger partial charge in [-0.2, -0.15) is 0 Å². The Balaban J connectivity index is 1.73. The predicted octanol–water partition coefficient (Wildman–Crippen LogP) is 7.67. The van der Waals surface area contributed by atoms with E-state index in [0.29, 0.717) is 18.4 Å². The molecule has 1 aliphatic rings. The quantitative estimate of drug-likeness (QED) is 0.392. The van der Waals surface area contributed by atoms with Crippen LogP contribution in [0.15, 0.2) is 64.0 Å². The van der Waals surface area contributed by atoms with Crippen molar-refractivity contribution in [2.24, 2.45) is 11.8 Å². The van der Waals surface area contributed by atoms with Crippen molar-refractivity contribution in [2.45, 2.75) is 44.1 Å². The van der Waals surface area contributed by atoms with E-state index in [4.69, 9.17) is 9.47 Å². The summed E-state index contributed by atoms with van der Waals surface area (Å²) in [6.45, 7) is 9.51. The summed E-state index contributed by atoms with van der Waals surface area (Å²) in [4.78, 5) is 0.967. The van der Waals surface area contributed by atoms with Crippen LogP contribution >= 0.6 is 27.7 Å². The molecule has 2 nitrogen and oxygen atoms in total. The maximum absolute atomic E-state index is 6.55. The van der Waals surface area contributed by atoms with E-state index >= 15 is 0 Å². The van der Waals surface area contributed by atoms with E-state index in [0.717, 1.165) is 32.3 Å². The second kappa shape index (κ2) is 7.64. The van der Waals surface area contributed by atoms with Gasteiger partial charge in [-0.25, -0.2) is 0 Å². The van der Waals surface area contributed by atoms with Crippen LogP contribution in [0.2, 0.25) is 0 Å². The lowest BCUT2D eigenvalue weighted by Crippen LogP contribution is -2.40. The zero-order valence-electron chi connectivity index (χ0n) is 16.7. The number of fused-ring (bicyclic) bond motifs is 2. The van der Waals surface area contributed by atoms with Crippen LogP contribution in [-0.4, -0.2) is 4.93 Å². The zero-order chi connectivity index (χ0) is 19.9. The molecule has 0 saturated heterocycles. The van der Waals surface area contributed by atoms with Crippen molar-refractivity contribution in [1.82, 2.24) is 0 Å². The van der Waals surface area contributed by atoms with Gasteiger partial charge in [-0.1, -0.05) is 85.7 Å². The van der Waals surface area contributed by atoms with Crippen molar-refractivity contribution in [3.63, 3.8) is 0 Å². The van der Waals surface area contributed by atoms with Crippen LogP contribution in [0.3, 0.4) is 0 Å². The number of halogens is 1. The van der Waals surface area contributed by atoms with Gasteiger partial charge in [0.25, 0.3) is 0 Å². The number of hydrogen-bond acceptors (Lipinski definition) is 3. The van der Waals surface area contributed by atoms with Gasteiger partial charge in [0.15, 0.2) is 4.93 Å². The fourth-order valence-electron chi connectivity index (χ4n) is 3.81. The first-order valence-electron chi connectivity index (χ1n) is 9.71. The third kappa shape index (κ3) is 3.42. The molecule has 0 saturated carbocycles. The molecular formula is C24H25BrO2S. The SMILES string of the molecule is CC(C)C1(C(C)C)Oc2cc3c(Br)ccc(OCc4ccccc4)c3cc2S1. The molecule has 28 heavy (non-hydrogen) atoms. The molecule has 146 valence electrons. The topological polar surface area (TPSA) is 18.5 Å². The van der Waals surface area contributed by atoms with Crippen molar-refractivity contribution in [2.75, 3.05) is 0 Å². The summed E-state index contributed by atoms with van der Waals surface area (Å²) in [5.41, 5.74) is 1.16. The fourth-order valence-corrected chi connectivity index (χ4v) is 5.60. The maximum Gasteiger partial charge on any atom is 0.163 e. The van der Waals surface area contributed by atoms with Gasteiger partial charge < -0.3 is 9.47 Å². The van der Waals surface area contributed by atoms with Gasteiger partial charge in [0, 0.05) is 27.1 Å². The average Bonchev–Trinajstić information content (AvgIpc) is 3.07. The molecule has 4 rings (SSSR count). The van der Waals surface area contributed by atoms with Crippen LogP contribution in [-0.2, 0) is 6.61 Å². The Bertz CT molecular complexity index is 990. The highest BCUT2D eigenvalue weighted by Crippen LogP contribution is 2.56.